The maximum absolute atomic E-state index is 13.2. The number of furan rings is 1. The lowest BCUT2D eigenvalue weighted by molar-refractivity contribution is -0.136. The molecule has 4 rings (SSSR count). The third kappa shape index (κ3) is 5.52. The van der Waals surface area contributed by atoms with Gasteiger partial charge < -0.3 is 18.8 Å². The van der Waals surface area contributed by atoms with Crippen LogP contribution < -0.4 is 14.8 Å². The van der Waals surface area contributed by atoms with Crippen LogP contribution in [0.5, 0.6) is 0 Å². The van der Waals surface area contributed by atoms with Gasteiger partial charge in [0.25, 0.3) is 5.56 Å². The standard InChI is InChI=1S/C24H23FN2O6S/c1-2-32-23(29)14-22-27(15-21(28)26-9-11-31-12-10-26)24(30)20(34-22)13-18-7-8-19(33-18)16-3-5-17(25)6-4-16/h3-8,13-14H,2,9-12,15H2,1H3. The van der Waals surface area contributed by atoms with Gasteiger partial charge in [0.15, 0.2) is 0 Å². The molecule has 2 aromatic heterocycles. The number of aromatic nitrogens is 1. The molecule has 3 heterocycles. The van der Waals surface area contributed by atoms with Gasteiger partial charge in [0.1, 0.15) is 28.5 Å². The van der Waals surface area contributed by atoms with Crippen LogP contribution in [0.1, 0.15) is 12.7 Å². The third-order valence-electron chi connectivity index (χ3n) is 5.15. The maximum Gasteiger partial charge on any atom is 0.333 e. The third-order valence-corrected chi connectivity index (χ3v) is 6.21. The van der Waals surface area contributed by atoms with Crippen molar-refractivity contribution < 1.29 is 27.9 Å². The van der Waals surface area contributed by atoms with E-state index in [-0.39, 0.29) is 24.9 Å². The van der Waals surface area contributed by atoms with Crippen LogP contribution >= 0.6 is 11.3 Å². The summed E-state index contributed by atoms with van der Waals surface area (Å²) < 4.78 is 31.1. The molecule has 1 amide bonds. The van der Waals surface area contributed by atoms with Gasteiger partial charge in [0.2, 0.25) is 5.91 Å². The van der Waals surface area contributed by atoms with E-state index in [2.05, 4.69) is 0 Å². The van der Waals surface area contributed by atoms with E-state index in [4.69, 9.17) is 13.9 Å². The Morgan fingerprint density at radius 2 is 1.88 bits per heavy atom. The van der Waals surface area contributed by atoms with Crippen molar-refractivity contribution in [3.63, 3.8) is 0 Å². The summed E-state index contributed by atoms with van der Waals surface area (Å²) in [6.45, 7) is 3.46. The predicted octanol–water partition coefficient (Wildman–Crippen LogP) is 1.34. The van der Waals surface area contributed by atoms with Gasteiger partial charge >= 0.3 is 5.97 Å². The number of morpholine rings is 1. The van der Waals surface area contributed by atoms with Crippen LogP contribution in [0, 0.1) is 5.82 Å². The molecule has 1 aliphatic rings. The monoisotopic (exact) mass is 486 g/mol. The smallest absolute Gasteiger partial charge is 0.333 e. The number of carbonyl (C=O) groups is 2. The van der Waals surface area contributed by atoms with Crippen molar-refractivity contribution >= 4 is 35.4 Å². The number of esters is 1. The maximum atomic E-state index is 13.2. The van der Waals surface area contributed by atoms with Gasteiger partial charge in [0, 0.05) is 24.7 Å². The average molecular weight is 487 g/mol. The molecule has 1 saturated heterocycles. The zero-order valence-electron chi connectivity index (χ0n) is 18.5. The second-order valence-electron chi connectivity index (χ2n) is 7.44. The van der Waals surface area contributed by atoms with Crippen molar-refractivity contribution in [1.29, 1.82) is 0 Å². The Hall–Kier alpha value is -3.50. The van der Waals surface area contributed by atoms with Crippen molar-refractivity contribution in [2.75, 3.05) is 32.9 Å². The lowest BCUT2D eigenvalue weighted by Gasteiger charge is -2.26. The number of ether oxygens (including phenoxy) is 2. The van der Waals surface area contributed by atoms with Gasteiger partial charge in [-0.05, 0) is 43.3 Å². The molecule has 0 radical (unpaired) electrons. The quantitative estimate of drug-likeness (QED) is 0.489. The first-order valence-corrected chi connectivity index (χ1v) is 11.6. The van der Waals surface area contributed by atoms with Crippen LogP contribution in [0.15, 0.2) is 45.6 Å². The van der Waals surface area contributed by atoms with Gasteiger partial charge in [0.05, 0.1) is 30.4 Å². The van der Waals surface area contributed by atoms with E-state index in [1.165, 1.54) is 22.8 Å². The number of thiazole rings is 1. The number of amides is 1. The molecule has 0 spiro atoms. The summed E-state index contributed by atoms with van der Waals surface area (Å²) >= 11 is 1.06. The van der Waals surface area contributed by atoms with Crippen LogP contribution in [0.2, 0.25) is 0 Å². The molecular formula is C24H23FN2O6S. The molecule has 10 heteroatoms. The van der Waals surface area contributed by atoms with Crippen molar-refractivity contribution in [2.45, 2.75) is 13.5 Å². The summed E-state index contributed by atoms with van der Waals surface area (Å²) in [5.41, 5.74) is 0.277. The Balaban J connectivity index is 1.69. The van der Waals surface area contributed by atoms with Crippen LogP contribution in [-0.4, -0.2) is 54.3 Å². The Kier molecular flexibility index (Phi) is 7.39. The van der Waals surface area contributed by atoms with Gasteiger partial charge in [-0.1, -0.05) is 0 Å². The van der Waals surface area contributed by atoms with Crippen LogP contribution in [0.4, 0.5) is 4.39 Å². The summed E-state index contributed by atoms with van der Waals surface area (Å²) in [5, 5.41) is 0. The molecule has 0 N–H and O–H groups in total. The molecule has 0 saturated carbocycles. The minimum Gasteiger partial charge on any atom is -0.463 e. The normalized spacial score (nSPS) is 15.1. The fourth-order valence-corrected chi connectivity index (χ4v) is 4.47. The van der Waals surface area contributed by atoms with Crippen molar-refractivity contribution in [3.05, 3.63) is 67.5 Å². The largest absolute Gasteiger partial charge is 0.463 e. The molecular weight excluding hydrogens is 463 g/mol. The van der Waals surface area contributed by atoms with E-state index in [1.807, 2.05) is 0 Å². The number of rotatable bonds is 6. The highest BCUT2D eigenvalue weighted by atomic mass is 32.1. The highest BCUT2D eigenvalue weighted by Crippen LogP contribution is 2.22. The fourth-order valence-electron chi connectivity index (χ4n) is 3.45. The van der Waals surface area contributed by atoms with Crippen LogP contribution in [-0.2, 0) is 25.6 Å². The summed E-state index contributed by atoms with van der Waals surface area (Å²) in [7, 11) is 0. The molecule has 1 fully saturated rings. The topological polar surface area (TPSA) is 91.0 Å². The summed E-state index contributed by atoms with van der Waals surface area (Å²) in [4.78, 5) is 39.6. The van der Waals surface area contributed by atoms with Crippen molar-refractivity contribution in [1.82, 2.24) is 9.47 Å². The van der Waals surface area contributed by atoms with E-state index in [0.717, 1.165) is 11.3 Å². The second-order valence-corrected chi connectivity index (χ2v) is 8.50. The summed E-state index contributed by atoms with van der Waals surface area (Å²) in [6.07, 6.45) is 2.77. The number of hydrogen-bond donors (Lipinski definition) is 0. The Bertz CT molecular complexity index is 1350. The van der Waals surface area contributed by atoms with E-state index in [9.17, 15) is 18.8 Å². The second kappa shape index (κ2) is 10.6. The van der Waals surface area contributed by atoms with E-state index >= 15 is 0 Å². The summed E-state index contributed by atoms with van der Waals surface area (Å²) in [6, 6.07) is 9.28. The highest BCUT2D eigenvalue weighted by molar-refractivity contribution is 7.07. The number of hydrogen-bond acceptors (Lipinski definition) is 7. The molecule has 8 nitrogen and oxygen atoms in total. The minimum absolute atomic E-state index is 0.190. The molecule has 1 aromatic carbocycles. The van der Waals surface area contributed by atoms with Crippen LogP contribution in [0.25, 0.3) is 23.5 Å². The summed E-state index contributed by atoms with van der Waals surface area (Å²) in [5.74, 6) is -0.251. The zero-order valence-corrected chi connectivity index (χ0v) is 19.3. The van der Waals surface area contributed by atoms with Crippen molar-refractivity contribution in [3.8, 4) is 11.3 Å². The molecule has 3 aromatic rings. The SMILES string of the molecule is CCOC(=O)C=c1sc(=Cc2ccc(-c3ccc(F)cc3)o2)c(=O)n1CC(=O)N1CCOCC1. The zero-order chi connectivity index (χ0) is 24.1. The molecule has 1 aliphatic heterocycles. The first kappa shape index (κ1) is 23.7. The van der Waals surface area contributed by atoms with Gasteiger partial charge in [-0.15, -0.1) is 11.3 Å². The molecule has 0 unspecified atom stereocenters. The van der Waals surface area contributed by atoms with E-state index in [0.29, 0.717) is 52.6 Å². The predicted molar refractivity (Wildman–Crippen MR) is 124 cm³/mol. The van der Waals surface area contributed by atoms with Crippen LogP contribution in [0.3, 0.4) is 0 Å². The lowest BCUT2D eigenvalue weighted by Crippen LogP contribution is -2.45. The molecule has 0 aliphatic carbocycles. The molecule has 34 heavy (non-hydrogen) atoms. The van der Waals surface area contributed by atoms with E-state index < -0.39 is 11.5 Å². The fraction of sp³-hybridized carbons (Fsp3) is 0.292. The Morgan fingerprint density at radius 1 is 1.15 bits per heavy atom. The Morgan fingerprint density at radius 3 is 2.59 bits per heavy atom. The molecule has 0 bridgehead atoms. The highest BCUT2D eigenvalue weighted by Gasteiger charge is 2.19. The number of benzene rings is 1. The molecule has 178 valence electrons. The number of halogens is 1. The Labute approximate surface area is 198 Å². The minimum atomic E-state index is -0.598. The molecule has 0 atom stereocenters. The van der Waals surface area contributed by atoms with Gasteiger partial charge in [-0.3, -0.25) is 14.2 Å². The van der Waals surface area contributed by atoms with Gasteiger partial charge in [-0.2, -0.15) is 0 Å². The average Bonchev–Trinajstić information content (AvgIpc) is 3.41. The van der Waals surface area contributed by atoms with Gasteiger partial charge in [-0.25, -0.2) is 9.18 Å². The van der Waals surface area contributed by atoms with E-state index in [1.54, 1.807) is 42.2 Å². The number of nitrogens with zero attached hydrogens (tertiary/aromatic N) is 2. The first-order chi connectivity index (χ1) is 16.4. The number of carbonyl (C=O) groups excluding carboxylic acids is 2. The van der Waals surface area contributed by atoms with Crippen molar-refractivity contribution in [2.24, 2.45) is 0 Å². The first-order valence-electron chi connectivity index (χ1n) is 10.8. The lowest BCUT2D eigenvalue weighted by atomic mass is 10.2.